The largest absolute Gasteiger partial charge is 0.451 e. The van der Waals surface area contributed by atoms with Crippen LogP contribution in [-0.2, 0) is 6.18 Å². The number of halogens is 3. The highest BCUT2D eigenvalue weighted by Crippen LogP contribution is 2.32. The fourth-order valence-corrected chi connectivity index (χ4v) is 2.53. The van der Waals surface area contributed by atoms with Gasteiger partial charge in [-0.3, -0.25) is 4.57 Å². The molecule has 0 bridgehead atoms. The third kappa shape index (κ3) is 2.65. The molecule has 0 aliphatic carbocycles. The molecule has 4 rings (SSSR count). The van der Waals surface area contributed by atoms with E-state index in [0.717, 1.165) is 12.3 Å². The molecule has 0 amide bonds. The van der Waals surface area contributed by atoms with Crippen molar-refractivity contribution in [1.82, 2.24) is 24.5 Å². The lowest BCUT2D eigenvalue weighted by molar-refractivity contribution is -0.137. The summed E-state index contributed by atoms with van der Waals surface area (Å²) in [4.78, 5) is 16.5. The van der Waals surface area contributed by atoms with Crippen LogP contribution in [0.25, 0.3) is 28.4 Å². The fraction of sp³-hybridized carbons (Fsp3) is 0.125. The van der Waals surface area contributed by atoms with Crippen LogP contribution in [0, 0.1) is 0 Å². The number of hydrogen-bond acceptors (Lipinski definition) is 6. The first kappa shape index (κ1) is 16.1. The Balaban J connectivity index is 1.97. The van der Waals surface area contributed by atoms with Crippen LogP contribution >= 0.6 is 0 Å². The van der Waals surface area contributed by atoms with E-state index in [1.807, 2.05) is 0 Å². The molecule has 26 heavy (non-hydrogen) atoms. The number of anilines is 1. The molecule has 0 saturated carbocycles. The molecule has 0 radical (unpaired) electrons. The van der Waals surface area contributed by atoms with Crippen LogP contribution in [0.5, 0.6) is 0 Å². The van der Waals surface area contributed by atoms with Gasteiger partial charge < -0.3 is 9.73 Å². The van der Waals surface area contributed by atoms with Gasteiger partial charge in [-0.25, -0.2) is 19.9 Å². The third-order valence-corrected chi connectivity index (χ3v) is 3.75. The Morgan fingerprint density at radius 2 is 1.96 bits per heavy atom. The van der Waals surface area contributed by atoms with E-state index < -0.39 is 11.7 Å². The minimum absolute atomic E-state index is 0.0931. The molecule has 0 spiro atoms. The van der Waals surface area contributed by atoms with E-state index in [0.29, 0.717) is 23.0 Å². The van der Waals surface area contributed by atoms with E-state index in [2.05, 4.69) is 25.3 Å². The number of hydrogen-bond donors (Lipinski definition) is 1. The number of alkyl halides is 3. The molecule has 0 aromatic carbocycles. The second kappa shape index (κ2) is 5.83. The summed E-state index contributed by atoms with van der Waals surface area (Å²) < 4.78 is 45.5. The van der Waals surface area contributed by atoms with Crippen LogP contribution in [0.2, 0.25) is 0 Å². The Bertz CT molecular complexity index is 1050. The van der Waals surface area contributed by atoms with Gasteiger partial charge in [-0.1, -0.05) is 0 Å². The van der Waals surface area contributed by atoms with Crippen molar-refractivity contribution in [3.8, 4) is 17.2 Å². The number of pyridine rings is 2. The molecule has 4 aromatic rings. The van der Waals surface area contributed by atoms with Crippen molar-refractivity contribution in [2.45, 2.75) is 6.18 Å². The van der Waals surface area contributed by atoms with Crippen LogP contribution in [0.3, 0.4) is 0 Å². The Morgan fingerprint density at radius 3 is 2.58 bits per heavy atom. The van der Waals surface area contributed by atoms with Crippen molar-refractivity contribution in [1.29, 1.82) is 0 Å². The molecular weight excluding hydrogens is 349 g/mol. The standard InChI is InChI=1S/C16H11F3N6O/c1-20-13-3-2-10(6-21-13)25-14-11(4-9(5-22-14)16(17,18)19)24-15(25)12-7-26-8-23-12/h2-8H,1H3,(H,20,21). The van der Waals surface area contributed by atoms with Gasteiger partial charge in [-0.05, 0) is 18.2 Å². The van der Waals surface area contributed by atoms with Gasteiger partial charge in [0.05, 0.1) is 17.4 Å². The SMILES string of the molecule is CNc1ccc(-n2c(-c3cocn3)nc3cc(C(F)(F)F)cnc32)cn1. The van der Waals surface area contributed by atoms with Crippen LogP contribution in [0.15, 0.2) is 47.7 Å². The Morgan fingerprint density at radius 1 is 1.12 bits per heavy atom. The number of rotatable bonds is 3. The number of aromatic nitrogens is 5. The van der Waals surface area contributed by atoms with Crippen molar-refractivity contribution >= 4 is 17.0 Å². The zero-order chi connectivity index (χ0) is 18.3. The second-order valence-corrected chi connectivity index (χ2v) is 5.36. The summed E-state index contributed by atoms with van der Waals surface area (Å²) in [7, 11) is 1.73. The Kier molecular flexibility index (Phi) is 3.60. The van der Waals surface area contributed by atoms with E-state index in [9.17, 15) is 13.2 Å². The van der Waals surface area contributed by atoms with Crippen LogP contribution < -0.4 is 5.32 Å². The summed E-state index contributed by atoms with van der Waals surface area (Å²) in [5.41, 5.74) is 0.432. The monoisotopic (exact) mass is 360 g/mol. The van der Waals surface area contributed by atoms with Crippen molar-refractivity contribution in [3.63, 3.8) is 0 Å². The van der Waals surface area contributed by atoms with Gasteiger partial charge in [-0.15, -0.1) is 0 Å². The lowest BCUT2D eigenvalue weighted by Gasteiger charge is -2.08. The van der Waals surface area contributed by atoms with Gasteiger partial charge in [0, 0.05) is 13.2 Å². The summed E-state index contributed by atoms with van der Waals surface area (Å²) >= 11 is 0. The summed E-state index contributed by atoms with van der Waals surface area (Å²) in [5, 5.41) is 2.90. The molecule has 4 aromatic heterocycles. The molecule has 1 N–H and O–H groups in total. The van der Waals surface area contributed by atoms with Gasteiger partial charge in [0.15, 0.2) is 17.9 Å². The van der Waals surface area contributed by atoms with Crippen LogP contribution in [-0.4, -0.2) is 31.6 Å². The van der Waals surface area contributed by atoms with E-state index in [1.165, 1.54) is 12.7 Å². The normalized spacial score (nSPS) is 11.8. The van der Waals surface area contributed by atoms with E-state index in [-0.39, 0.29) is 11.2 Å². The van der Waals surface area contributed by atoms with E-state index in [1.54, 1.807) is 29.9 Å². The zero-order valence-electron chi connectivity index (χ0n) is 13.3. The minimum atomic E-state index is -4.50. The van der Waals surface area contributed by atoms with Crippen LogP contribution in [0.1, 0.15) is 5.56 Å². The maximum absolute atomic E-state index is 13.0. The molecule has 0 atom stereocenters. The summed E-state index contributed by atoms with van der Waals surface area (Å²) in [6, 6.07) is 4.44. The molecule has 0 saturated heterocycles. The molecule has 7 nitrogen and oxygen atoms in total. The zero-order valence-corrected chi connectivity index (χ0v) is 13.3. The molecular formula is C16H11F3N6O. The predicted octanol–water partition coefficient (Wildman–Crippen LogP) is 3.53. The van der Waals surface area contributed by atoms with Gasteiger partial charge in [-0.2, -0.15) is 13.2 Å². The van der Waals surface area contributed by atoms with Crippen molar-refractivity contribution < 1.29 is 17.6 Å². The highest BCUT2D eigenvalue weighted by molar-refractivity contribution is 5.79. The minimum Gasteiger partial charge on any atom is -0.451 e. The fourth-order valence-electron chi connectivity index (χ4n) is 2.53. The quantitative estimate of drug-likeness (QED) is 0.602. The lowest BCUT2D eigenvalue weighted by atomic mass is 10.2. The average molecular weight is 360 g/mol. The number of nitrogens with zero attached hydrogens (tertiary/aromatic N) is 5. The smallest absolute Gasteiger partial charge is 0.417 e. The van der Waals surface area contributed by atoms with Gasteiger partial charge in [0.2, 0.25) is 0 Å². The summed E-state index contributed by atoms with van der Waals surface area (Å²) in [5.74, 6) is 0.952. The van der Waals surface area contributed by atoms with E-state index >= 15 is 0 Å². The Labute approximate surface area is 144 Å². The van der Waals surface area contributed by atoms with Gasteiger partial charge in [0.1, 0.15) is 23.3 Å². The molecule has 10 heteroatoms. The molecule has 0 unspecified atom stereocenters. The summed E-state index contributed by atoms with van der Waals surface area (Å²) in [6.45, 7) is 0. The van der Waals surface area contributed by atoms with Crippen molar-refractivity contribution in [2.75, 3.05) is 12.4 Å². The number of imidazole rings is 1. The molecule has 0 aliphatic rings. The number of nitrogens with one attached hydrogen (secondary N) is 1. The summed E-state index contributed by atoms with van der Waals surface area (Å²) in [6.07, 6.45) is 0.418. The Hall–Kier alpha value is -3.43. The van der Waals surface area contributed by atoms with Gasteiger partial charge >= 0.3 is 6.18 Å². The molecule has 0 aliphatic heterocycles. The highest BCUT2D eigenvalue weighted by Gasteiger charge is 2.32. The second-order valence-electron chi connectivity index (χ2n) is 5.36. The van der Waals surface area contributed by atoms with Crippen LogP contribution in [0.4, 0.5) is 19.0 Å². The molecule has 0 fully saturated rings. The third-order valence-electron chi connectivity index (χ3n) is 3.75. The number of fused-ring (bicyclic) bond motifs is 1. The van der Waals surface area contributed by atoms with Gasteiger partial charge in [0.25, 0.3) is 0 Å². The first-order valence-electron chi connectivity index (χ1n) is 7.46. The predicted molar refractivity (Wildman–Crippen MR) is 86.7 cm³/mol. The van der Waals surface area contributed by atoms with Crippen molar-refractivity contribution in [2.24, 2.45) is 0 Å². The molecule has 4 heterocycles. The first-order chi connectivity index (χ1) is 12.5. The first-order valence-corrected chi connectivity index (χ1v) is 7.46. The molecule has 132 valence electrons. The topological polar surface area (TPSA) is 81.7 Å². The lowest BCUT2D eigenvalue weighted by Crippen LogP contribution is -2.06. The number of oxazole rings is 1. The average Bonchev–Trinajstić information content (AvgIpc) is 3.28. The maximum atomic E-state index is 13.0. The van der Waals surface area contributed by atoms with E-state index in [4.69, 9.17) is 4.42 Å². The van der Waals surface area contributed by atoms with Crippen molar-refractivity contribution in [3.05, 3.63) is 48.8 Å². The maximum Gasteiger partial charge on any atom is 0.417 e. The highest BCUT2D eigenvalue weighted by atomic mass is 19.4.